The predicted octanol–water partition coefficient (Wildman–Crippen LogP) is 1.25. The zero-order valence-corrected chi connectivity index (χ0v) is 9.27. The van der Waals surface area contributed by atoms with Gasteiger partial charge in [-0.2, -0.15) is 0 Å². The lowest BCUT2D eigenvalue weighted by Gasteiger charge is -2.00. The molecule has 0 saturated carbocycles. The number of carboxylic acid groups (broad SMARTS) is 1. The third-order valence-corrected chi connectivity index (χ3v) is 2.81. The third kappa shape index (κ3) is 2.08. The van der Waals surface area contributed by atoms with E-state index in [1.165, 1.54) is 16.5 Å². The van der Waals surface area contributed by atoms with Crippen molar-refractivity contribution < 1.29 is 9.90 Å². The number of benzene rings is 1. The number of hydrogen-bond acceptors (Lipinski definition) is 2. The van der Waals surface area contributed by atoms with Gasteiger partial charge < -0.3 is 14.5 Å². The molecule has 84 valence electrons. The summed E-state index contributed by atoms with van der Waals surface area (Å²) < 4.78 is 2.07. The molecule has 0 radical (unpaired) electrons. The quantitative estimate of drug-likeness (QED) is 0.772. The highest BCUT2D eigenvalue weighted by molar-refractivity contribution is 5.83. The lowest BCUT2D eigenvalue weighted by atomic mass is 10.1. The van der Waals surface area contributed by atoms with Gasteiger partial charge in [0.05, 0.1) is 0 Å². The van der Waals surface area contributed by atoms with E-state index in [-0.39, 0.29) is 6.42 Å². The van der Waals surface area contributed by atoms with E-state index in [0.717, 1.165) is 6.42 Å². The van der Waals surface area contributed by atoms with Crippen molar-refractivity contribution in [3.63, 3.8) is 0 Å². The van der Waals surface area contributed by atoms with Crippen molar-refractivity contribution in [2.75, 3.05) is 0 Å². The van der Waals surface area contributed by atoms with Crippen LogP contribution < -0.4 is 5.11 Å². The van der Waals surface area contributed by atoms with Crippen LogP contribution in [0.15, 0.2) is 30.5 Å². The SMILES string of the molecule is Cn1cc(CCCC(=O)[O-])c2ccccc21. The molecule has 0 fully saturated rings. The first-order chi connectivity index (χ1) is 7.68. The monoisotopic (exact) mass is 216 g/mol. The molecule has 0 amide bonds. The highest BCUT2D eigenvalue weighted by Crippen LogP contribution is 2.21. The second kappa shape index (κ2) is 4.39. The number of fused-ring (bicyclic) bond motifs is 1. The van der Waals surface area contributed by atoms with E-state index < -0.39 is 5.97 Å². The molecule has 0 N–H and O–H groups in total. The average molecular weight is 216 g/mol. The Hall–Kier alpha value is -1.77. The molecular formula is C13H14NO2-. The summed E-state index contributed by atoms with van der Waals surface area (Å²) in [5.74, 6) is -0.972. The van der Waals surface area contributed by atoms with Gasteiger partial charge in [-0.15, -0.1) is 0 Å². The number of rotatable bonds is 4. The molecule has 0 saturated heterocycles. The highest BCUT2D eigenvalue weighted by atomic mass is 16.4. The number of carbonyl (C=O) groups excluding carboxylic acids is 1. The van der Waals surface area contributed by atoms with Crippen LogP contribution in [-0.4, -0.2) is 10.5 Å². The molecule has 0 aliphatic rings. The minimum Gasteiger partial charge on any atom is -0.550 e. The van der Waals surface area contributed by atoms with Gasteiger partial charge in [-0.3, -0.25) is 0 Å². The fourth-order valence-electron chi connectivity index (χ4n) is 2.05. The number of aliphatic carboxylic acids is 1. The van der Waals surface area contributed by atoms with Crippen LogP contribution in [0, 0.1) is 0 Å². The van der Waals surface area contributed by atoms with Crippen LogP contribution in [0.4, 0.5) is 0 Å². The van der Waals surface area contributed by atoms with E-state index in [1.807, 2.05) is 19.2 Å². The van der Waals surface area contributed by atoms with Gasteiger partial charge in [0.2, 0.25) is 0 Å². The van der Waals surface area contributed by atoms with Crippen molar-refractivity contribution in [3.8, 4) is 0 Å². The summed E-state index contributed by atoms with van der Waals surface area (Å²) in [5, 5.41) is 11.6. The van der Waals surface area contributed by atoms with Crippen LogP contribution in [0.5, 0.6) is 0 Å². The average Bonchev–Trinajstić information content (AvgIpc) is 2.57. The molecule has 2 aromatic rings. The minimum atomic E-state index is -0.972. The maximum Gasteiger partial charge on any atom is 0.0480 e. The van der Waals surface area contributed by atoms with E-state index in [1.54, 1.807) is 0 Å². The molecule has 2 rings (SSSR count). The van der Waals surface area contributed by atoms with E-state index in [9.17, 15) is 9.90 Å². The van der Waals surface area contributed by atoms with Gasteiger partial charge in [0.25, 0.3) is 0 Å². The Bertz CT molecular complexity index is 514. The van der Waals surface area contributed by atoms with Gasteiger partial charge in [0.1, 0.15) is 0 Å². The van der Waals surface area contributed by atoms with Gasteiger partial charge >= 0.3 is 0 Å². The summed E-state index contributed by atoms with van der Waals surface area (Å²) in [6, 6.07) is 8.15. The number of aryl methyl sites for hydroxylation is 2. The maximum absolute atomic E-state index is 10.3. The topological polar surface area (TPSA) is 45.1 Å². The summed E-state index contributed by atoms with van der Waals surface area (Å²) in [4.78, 5) is 10.3. The first-order valence-corrected chi connectivity index (χ1v) is 5.41. The molecule has 0 bridgehead atoms. The Morgan fingerprint density at radius 2 is 2.12 bits per heavy atom. The predicted molar refractivity (Wildman–Crippen MR) is 60.9 cm³/mol. The number of carbonyl (C=O) groups is 1. The third-order valence-electron chi connectivity index (χ3n) is 2.81. The zero-order chi connectivity index (χ0) is 11.5. The molecule has 0 unspecified atom stereocenters. The normalized spacial score (nSPS) is 10.8. The maximum atomic E-state index is 10.3. The largest absolute Gasteiger partial charge is 0.550 e. The van der Waals surface area contributed by atoms with Crippen LogP contribution in [0.2, 0.25) is 0 Å². The molecular weight excluding hydrogens is 202 g/mol. The Morgan fingerprint density at radius 3 is 2.88 bits per heavy atom. The minimum absolute atomic E-state index is 0.128. The van der Waals surface area contributed by atoms with Crippen molar-refractivity contribution in [1.29, 1.82) is 0 Å². The standard InChI is InChI=1S/C13H15NO2/c1-14-9-10(5-4-8-13(15)16)11-6-2-3-7-12(11)14/h2-3,6-7,9H,4-5,8H2,1H3,(H,15,16)/p-1. The molecule has 0 aliphatic carbocycles. The number of aromatic nitrogens is 1. The first-order valence-electron chi connectivity index (χ1n) is 5.41. The van der Waals surface area contributed by atoms with Gasteiger partial charge in [-0.25, -0.2) is 0 Å². The Kier molecular flexibility index (Phi) is 2.95. The molecule has 16 heavy (non-hydrogen) atoms. The Balaban J connectivity index is 2.21. The Labute approximate surface area is 94.3 Å². The summed E-state index contributed by atoms with van der Waals surface area (Å²) in [7, 11) is 2.00. The van der Waals surface area contributed by atoms with Crippen LogP contribution in [-0.2, 0) is 18.3 Å². The summed E-state index contributed by atoms with van der Waals surface area (Å²) in [5.41, 5.74) is 2.39. The van der Waals surface area contributed by atoms with Crippen molar-refractivity contribution in [2.45, 2.75) is 19.3 Å². The molecule has 1 aromatic heterocycles. The van der Waals surface area contributed by atoms with Crippen molar-refractivity contribution in [3.05, 3.63) is 36.0 Å². The lowest BCUT2D eigenvalue weighted by Crippen LogP contribution is -2.21. The van der Waals surface area contributed by atoms with Crippen LogP contribution in [0.25, 0.3) is 10.9 Å². The van der Waals surface area contributed by atoms with Gasteiger partial charge in [-0.05, 0) is 30.9 Å². The van der Waals surface area contributed by atoms with Gasteiger partial charge in [0, 0.05) is 30.1 Å². The molecule has 0 atom stereocenters. The van der Waals surface area contributed by atoms with E-state index in [0.29, 0.717) is 6.42 Å². The highest BCUT2D eigenvalue weighted by Gasteiger charge is 2.04. The number of carboxylic acids is 1. The van der Waals surface area contributed by atoms with E-state index in [4.69, 9.17) is 0 Å². The van der Waals surface area contributed by atoms with Crippen LogP contribution in [0.1, 0.15) is 18.4 Å². The molecule has 1 aromatic carbocycles. The van der Waals surface area contributed by atoms with Crippen molar-refractivity contribution in [2.24, 2.45) is 7.05 Å². The first kappa shape index (κ1) is 10.7. The van der Waals surface area contributed by atoms with Gasteiger partial charge in [-0.1, -0.05) is 18.2 Å². The molecule has 3 heteroatoms. The second-order valence-corrected chi connectivity index (χ2v) is 4.01. The second-order valence-electron chi connectivity index (χ2n) is 4.01. The zero-order valence-electron chi connectivity index (χ0n) is 9.27. The van der Waals surface area contributed by atoms with E-state index in [2.05, 4.69) is 22.9 Å². The van der Waals surface area contributed by atoms with Crippen molar-refractivity contribution >= 4 is 16.9 Å². The molecule has 1 heterocycles. The number of nitrogens with zero attached hydrogens (tertiary/aromatic N) is 1. The molecule has 3 nitrogen and oxygen atoms in total. The molecule has 0 spiro atoms. The fourth-order valence-corrected chi connectivity index (χ4v) is 2.05. The number of para-hydroxylation sites is 1. The summed E-state index contributed by atoms with van der Waals surface area (Å²) in [6.45, 7) is 0. The molecule has 0 aliphatic heterocycles. The Morgan fingerprint density at radius 1 is 1.38 bits per heavy atom. The van der Waals surface area contributed by atoms with Gasteiger partial charge in [0.15, 0.2) is 0 Å². The summed E-state index contributed by atoms with van der Waals surface area (Å²) in [6.07, 6.45) is 3.62. The van der Waals surface area contributed by atoms with Crippen LogP contribution >= 0.6 is 0 Å². The van der Waals surface area contributed by atoms with Crippen molar-refractivity contribution in [1.82, 2.24) is 4.57 Å². The number of hydrogen-bond donors (Lipinski definition) is 0. The summed E-state index contributed by atoms with van der Waals surface area (Å²) >= 11 is 0. The van der Waals surface area contributed by atoms with Crippen LogP contribution in [0.3, 0.4) is 0 Å². The lowest BCUT2D eigenvalue weighted by molar-refractivity contribution is -0.305. The van der Waals surface area contributed by atoms with E-state index >= 15 is 0 Å². The smallest absolute Gasteiger partial charge is 0.0480 e. The fraction of sp³-hybridized carbons (Fsp3) is 0.308.